The Morgan fingerprint density at radius 3 is 2.82 bits per heavy atom. The Hall–Kier alpha value is -2.09. The van der Waals surface area contributed by atoms with Crippen molar-refractivity contribution >= 4 is 11.4 Å². The molecule has 0 unspecified atom stereocenters. The fourth-order valence-electron chi connectivity index (χ4n) is 1.84. The van der Waals surface area contributed by atoms with Crippen LogP contribution in [0.5, 0.6) is 0 Å². The summed E-state index contributed by atoms with van der Waals surface area (Å²) in [6, 6.07) is 6.32. The molecule has 1 fully saturated rings. The SMILES string of the molecule is N#Cc1cc([N+](=O)[O-])ccc1NCC1CCC1. The predicted octanol–water partition coefficient (Wildman–Crippen LogP) is 2.68. The van der Waals surface area contributed by atoms with E-state index in [2.05, 4.69) is 5.32 Å². The molecule has 17 heavy (non-hydrogen) atoms. The molecule has 0 amide bonds. The Morgan fingerprint density at radius 2 is 2.29 bits per heavy atom. The van der Waals surface area contributed by atoms with E-state index in [9.17, 15) is 10.1 Å². The minimum atomic E-state index is -0.490. The van der Waals surface area contributed by atoms with E-state index in [1.165, 1.54) is 31.4 Å². The number of anilines is 1. The molecule has 0 spiro atoms. The Labute approximate surface area is 99.2 Å². The van der Waals surface area contributed by atoms with Crippen LogP contribution in [0, 0.1) is 27.4 Å². The molecule has 1 aromatic carbocycles. The molecule has 0 aromatic heterocycles. The minimum Gasteiger partial charge on any atom is -0.384 e. The van der Waals surface area contributed by atoms with Crippen molar-refractivity contribution in [2.75, 3.05) is 11.9 Å². The number of hydrogen-bond donors (Lipinski definition) is 1. The topological polar surface area (TPSA) is 79.0 Å². The summed E-state index contributed by atoms with van der Waals surface area (Å²) in [5, 5.41) is 22.7. The number of nitriles is 1. The highest BCUT2D eigenvalue weighted by Gasteiger charge is 2.17. The summed E-state index contributed by atoms with van der Waals surface area (Å²) in [5.74, 6) is 0.678. The Balaban J connectivity index is 2.10. The number of nitrogens with zero attached hydrogens (tertiary/aromatic N) is 2. The lowest BCUT2D eigenvalue weighted by atomic mass is 9.85. The van der Waals surface area contributed by atoms with Crippen molar-refractivity contribution in [3.05, 3.63) is 33.9 Å². The molecule has 0 saturated heterocycles. The van der Waals surface area contributed by atoms with Gasteiger partial charge in [0, 0.05) is 18.7 Å². The third-order valence-electron chi connectivity index (χ3n) is 3.14. The summed E-state index contributed by atoms with van der Waals surface area (Å²) < 4.78 is 0. The van der Waals surface area contributed by atoms with Gasteiger partial charge in [0.2, 0.25) is 0 Å². The van der Waals surface area contributed by atoms with E-state index in [1.54, 1.807) is 6.07 Å². The van der Waals surface area contributed by atoms with Crippen LogP contribution in [0.15, 0.2) is 18.2 Å². The zero-order valence-corrected chi connectivity index (χ0v) is 9.35. The summed E-state index contributed by atoms with van der Waals surface area (Å²) >= 11 is 0. The highest BCUT2D eigenvalue weighted by atomic mass is 16.6. The van der Waals surface area contributed by atoms with Crippen molar-refractivity contribution in [3.8, 4) is 6.07 Å². The van der Waals surface area contributed by atoms with Crippen LogP contribution in [-0.2, 0) is 0 Å². The van der Waals surface area contributed by atoms with Gasteiger partial charge in [-0.25, -0.2) is 0 Å². The van der Waals surface area contributed by atoms with Crippen molar-refractivity contribution < 1.29 is 4.92 Å². The lowest BCUT2D eigenvalue weighted by Crippen LogP contribution is -2.21. The summed E-state index contributed by atoms with van der Waals surface area (Å²) in [7, 11) is 0. The fraction of sp³-hybridized carbons (Fsp3) is 0.417. The zero-order chi connectivity index (χ0) is 12.3. The van der Waals surface area contributed by atoms with E-state index < -0.39 is 4.92 Å². The van der Waals surface area contributed by atoms with E-state index in [-0.39, 0.29) is 5.69 Å². The van der Waals surface area contributed by atoms with Gasteiger partial charge < -0.3 is 5.32 Å². The molecule has 0 heterocycles. The van der Waals surface area contributed by atoms with Gasteiger partial charge in [-0.05, 0) is 24.8 Å². The smallest absolute Gasteiger partial charge is 0.270 e. The second kappa shape index (κ2) is 4.83. The number of nitrogens with one attached hydrogen (secondary N) is 1. The fourth-order valence-corrected chi connectivity index (χ4v) is 1.84. The van der Waals surface area contributed by atoms with E-state index in [4.69, 9.17) is 5.26 Å². The van der Waals surface area contributed by atoms with E-state index in [1.807, 2.05) is 6.07 Å². The molecular formula is C12H13N3O2. The lowest BCUT2D eigenvalue weighted by Gasteiger charge is -2.26. The van der Waals surface area contributed by atoms with Gasteiger partial charge in [0.05, 0.1) is 16.2 Å². The van der Waals surface area contributed by atoms with Crippen LogP contribution in [0.25, 0.3) is 0 Å². The molecule has 1 N–H and O–H groups in total. The van der Waals surface area contributed by atoms with Crippen LogP contribution in [0.2, 0.25) is 0 Å². The van der Waals surface area contributed by atoms with Crippen molar-refractivity contribution in [3.63, 3.8) is 0 Å². The van der Waals surface area contributed by atoms with Gasteiger partial charge in [-0.15, -0.1) is 0 Å². The highest BCUT2D eigenvalue weighted by Crippen LogP contribution is 2.27. The second-order valence-electron chi connectivity index (χ2n) is 4.28. The zero-order valence-electron chi connectivity index (χ0n) is 9.35. The van der Waals surface area contributed by atoms with Crippen molar-refractivity contribution in [2.24, 2.45) is 5.92 Å². The number of rotatable bonds is 4. The van der Waals surface area contributed by atoms with Gasteiger partial charge in [0.25, 0.3) is 5.69 Å². The van der Waals surface area contributed by atoms with Gasteiger partial charge in [-0.2, -0.15) is 5.26 Å². The van der Waals surface area contributed by atoms with Crippen LogP contribution < -0.4 is 5.32 Å². The molecule has 1 aliphatic carbocycles. The molecule has 0 radical (unpaired) electrons. The predicted molar refractivity (Wildman–Crippen MR) is 63.6 cm³/mol. The average molecular weight is 231 g/mol. The van der Waals surface area contributed by atoms with Crippen LogP contribution in [0.1, 0.15) is 24.8 Å². The quantitative estimate of drug-likeness (QED) is 0.638. The van der Waals surface area contributed by atoms with E-state index in [0.29, 0.717) is 17.2 Å². The van der Waals surface area contributed by atoms with Gasteiger partial charge in [-0.1, -0.05) is 6.42 Å². The van der Waals surface area contributed by atoms with Crippen molar-refractivity contribution in [1.82, 2.24) is 0 Å². The molecule has 1 aliphatic rings. The lowest BCUT2D eigenvalue weighted by molar-refractivity contribution is -0.384. The van der Waals surface area contributed by atoms with Crippen molar-refractivity contribution in [2.45, 2.75) is 19.3 Å². The standard InChI is InChI=1S/C12H13N3O2/c13-7-10-6-11(15(16)17)4-5-12(10)14-8-9-2-1-3-9/h4-6,9,14H,1-3,8H2. The third kappa shape index (κ3) is 2.53. The molecule has 0 atom stereocenters. The monoisotopic (exact) mass is 231 g/mol. The summed E-state index contributed by atoms with van der Waals surface area (Å²) in [6.07, 6.45) is 3.72. The summed E-state index contributed by atoms with van der Waals surface area (Å²) in [4.78, 5) is 10.1. The second-order valence-corrected chi connectivity index (χ2v) is 4.28. The number of non-ortho nitro benzene ring substituents is 1. The Morgan fingerprint density at radius 1 is 1.53 bits per heavy atom. The minimum absolute atomic E-state index is 0.0456. The van der Waals surface area contributed by atoms with Gasteiger partial charge >= 0.3 is 0 Å². The Kier molecular flexibility index (Phi) is 3.24. The molecule has 5 heteroatoms. The first kappa shape index (κ1) is 11.4. The van der Waals surface area contributed by atoms with Crippen LogP contribution in [-0.4, -0.2) is 11.5 Å². The third-order valence-corrected chi connectivity index (χ3v) is 3.14. The van der Waals surface area contributed by atoms with E-state index >= 15 is 0 Å². The van der Waals surface area contributed by atoms with Gasteiger partial charge in [0.1, 0.15) is 6.07 Å². The molecule has 1 aromatic rings. The summed E-state index contributed by atoms with van der Waals surface area (Å²) in [6.45, 7) is 0.840. The summed E-state index contributed by atoms with van der Waals surface area (Å²) in [5.41, 5.74) is 0.972. The van der Waals surface area contributed by atoms with Crippen LogP contribution in [0.4, 0.5) is 11.4 Å². The first-order chi connectivity index (χ1) is 8.20. The van der Waals surface area contributed by atoms with Crippen LogP contribution >= 0.6 is 0 Å². The van der Waals surface area contributed by atoms with Gasteiger partial charge in [-0.3, -0.25) is 10.1 Å². The highest BCUT2D eigenvalue weighted by molar-refractivity contribution is 5.61. The number of benzene rings is 1. The maximum Gasteiger partial charge on any atom is 0.270 e. The molecule has 88 valence electrons. The Bertz CT molecular complexity index is 475. The largest absolute Gasteiger partial charge is 0.384 e. The maximum atomic E-state index is 10.6. The molecule has 5 nitrogen and oxygen atoms in total. The molecule has 1 saturated carbocycles. The van der Waals surface area contributed by atoms with Crippen molar-refractivity contribution in [1.29, 1.82) is 5.26 Å². The normalized spacial score (nSPS) is 14.8. The van der Waals surface area contributed by atoms with Gasteiger partial charge in [0.15, 0.2) is 0 Å². The molecule has 0 bridgehead atoms. The maximum absolute atomic E-state index is 10.6. The number of nitro benzene ring substituents is 1. The molecule has 2 rings (SSSR count). The van der Waals surface area contributed by atoms with Crippen LogP contribution in [0.3, 0.4) is 0 Å². The first-order valence-electron chi connectivity index (χ1n) is 5.63. The molecule has 0 aliphatic heterocycles. The first-order valence-corrected chi connectivity index (χ1v) is 5.63. The average Bonchev–Trinajstić information content (AvgIpc) is 2.27. The molecular weight excluding hydrogens is 218 g/mol. The van der Waals surface area contributed by atoms with E-state index in [0.717, 1.165) is 6.54 Å². The number of nitro groups is 1. The number of hydrogen-bond acceptors (Lipinski definition) is 4.